The van der Waals surface area contributed by atoms with Crippen LogP contribution in [-0.2, 0) is 19.5 Å². The number of amides is 1. The zero-order valence-corrected chi connectivity index (χ0v) is 19.2. The first-order valence-electron chi connectivity index (χ1n) is 12.0. The monoisotopic (exact) mass is 459 g/mol. The van der Waals surface area contributed by atoms with E-state index in [4.69, 9.17) is 4.98 Å². The first-order valence-corrected chi connectivity index (χ1v) is 12.0. The molecule has 1 amide bonds. The fourth-order valence-corrected chi connectivity index (χ4v) is 4.98. The molecule has 0 radical (unpaired) electrons. The minimum Gasteiger partial charge on any atom is -0.335 e. The SMILES string of the molecule is O=C(c1nc(-c2ccccc2)n2c1CCCCC2)N1CCN(Cc2cccc([N+](=O)[O-])c2)CC1. The number of fused-ring (bicyclic) bond motifs is 1. The van der Waals surface area contributed by atoms with E-state index in [0.717, 1.165) is 61.5 Å². The topological polar surface area (TPSA) is 84.5 Å². The molecular formula is C26H29N5O3. The number of hydrogen-bond acceptors (Lipinski definition) is 5. The van der Waals surface area contributed by atoms with Crippen LogP contribution in [0.2, 0.25) is 0 Å². The predicted octanol–water partition coefficient (Wildman–Crippen LogP) is 4.14. The normalized spacial score (nSPS) is 16.6. The Bertz CT molecular complexity index is 1180. The molecule has 8 nitrogen and oxygen atoms in total. The molecule has 3 aromatic rings. The summed E-state index contributed by atoms with van der Waals surface area (Å²) in [5.41, 5.74) is 3.75. The number of hydrogen-bond donors (Lipinski definition) is 0. The van der Waals surface area contributed by atoms with Crippen molar-refractivity contribution in [2.45, 2.75) is 38.8 Å². The van der Waals surface area contributed by atoms with Crippen LogP contribution >= 0.6 is 0 Å². The van der Waals surface area contributed by atoms with Gasteiger partial charge in [-0.05, 0) is 24.8 Å². The quantitative estimate of drug-likeness (QED) is 0.423. The van der Waals surface area contributed by atoms with Gasteiger partial charge in [0.2, 0.25) is 0 Å². The van der Waals surface area contributed by atoms with Crippen LogP contribution in [0, 0.1) is 10.1 Å². The molecule has 1 saturated heterocycles. The van der Waals surface area contributed by atoms with E-state index in [-0.39, 0.29) is 16.5 Å². The minimum atomic E-state index is -0.363. The van der Waals surface area contributed by atoms with Crippen LogP contribution in [0.1, 0.15) is 41.0 Å². The molecule has 3 heterocycles. The first-order chi connectivity index (χ1) is 16.6. The number of carbonyl (C=O) groups excluding carboxylic acids is 1. The number of aromatic nitrogens is 2. The molecule has 0 bridgehead atoms. The highest BCUT2D eigenvalue weighted by atomic mass is 16.6. The van der Waals surface area contributed by atoms with Crippen LogP contribution in [0.3, 0.4) is 0 Å². The number of non-ortho nitro benzene ring substituents is 1. The number of piperazine rings is 1. The lowest BCUT2D eigenvalue weighted by atomic mass is 10.1. The van der Waals surface area contributed by atoms with Gasteiger partial charge in [-0.2, -0.15) is 0 Å². The van der Waals surface area contributed by atoms with Gasteiger partial charge in [0.1, 0.15) is 11.5 Å². The number of rotatable bonds is 5. The summed E-state index contributed by atoms with van der Waals surface area (Å²) in [6.07, 6.45) is 4.23. The minimum absolute atomic E-state index is 0.0165. The molecule has 5 rings (SSSR count). The zero-order valence-electron chi connectivity index (χ0n) is 19.2. The van der Waals surface area contributed by atoms with Gasteiger partial charge in [0.15, 0.2) is 0 Å². The van der Waals surface area contributed by atoms with Crippen molar-refractivity contribution < 1.29 is 9.72 Å². The number of imidazole rings is 1. The van der Waals surface area contributed by atoms with Crippen molar-refractivity contribution in [1.82, 2.24) is 19.4 Å². The summed E-state index contributed by atoms with van der Waals surface area (Å²) < 4.78 is 2.26. The third kappa shape index (κ3) is 4.59. The van der Waals surface area contributed by atoms with E-state index in [1.54, 1.807) is 12.1 Å². The molecular weight excluding hydrogens is 430 g/mol. The van der Waals surface area contributed by atoms with Gasteiger partial charge in [-0.15, -0.1) is 0 Å². The Morgan fingerprint density at radius 1 is 0.941 bits per heavy atom. The van der Waals surface area contributed by atoms with E-state index in [9.17, 15) is 14.9 Å². The molecule has 0 atom stereocenters. The lowest BCUT2D eigenvalue weighted by molar-refractivity contribution is -0.384. The summed E-state index contributed by atoms with van der Waals surface area (Å²) in [5, 5.41) is 11.1. The Morgan fingerprint density at radius 2 is 1.74 bits per heavy atom. The Balaban J connectivity index is 1.31. The standard InChI is InChI=1S/C26H29N5O3/c32-26(29-16-14-28(15-17-29)19-20-8-7-11-22(18-20)31(33)34)24-23-12-5-2-6-13-30(23)25(27-24)21-9-3-1-4-10-21/h1,3-4,7-11,18H,2,5-6,12-17,19H2. The average molecular weight is 460 g/mol. The van der Waals surface area contributed by atoms with Gasteiger partial charge in [0.25, 0.3) is 11.6 Å². The van der Waals surface area contributed by atoms with E-state index >= 15 is 0 Å². The van der Waals surface area contributed by atoms with E-state index in [0.29, 0.717) is 25.3 Å². The Morgan fingerprint density at radius 3 is 2.50 bits per heavy atom. The third-order valence-electron chi connectivity index (χ3n) is 6.79. The second-order valence-corrected chi connectivity index (χ2v) is 9.05. The Labute approximate surface area is 199 Å². The van der Waals surface area contributed by atoms with Gasteiger partial charge in [-0.3, -0.25) is 19.8 Å². The maximum atomic E-state index is 13.6. The second kappa shape index (κ2) is 9.77. The summed E-state index contributed by atoms with van der Waals surface area (Å²) in [6.45, 7) is 4.26. The van der Waals surface area contributed by atoms with Gasteiger partial charge >= 0.3 is 0 Å². The highest BCUT2D eigenvalue weighted by molar-refractivity contribution is 5.94. The largest absolute Gasteiger partial charge is 0.335 e. The molecule has 0 N–H and O–H groups in total. The van der Waals surface area contributed by atoms with Crippen LogP contribution in [0.4, 0.5) is 5.69 Å². The summed E-state index contributed by atoms with van der Waals surface area (Å²) in [5.74, 6) is 0.910. The second-order valence-electron chi connectivity index (χ2n) is 9.05. The van der Waals surface area contributed by atoms with Crippen molar-refractivity contribution in [2.24, 2.45) is 0 Å². The number of nitrogens with zero attached hydrogens (tertiary/aromatic N) is 5. The van der Waals surface area contributed by atoms with Crippen molar-refractivity contribution in [1.29, 1.82) is 0 Å². The van der Waals surface area contributed by atoms with Crippen LogP contribution in [-0.4, -0.2) is 56.4 Å². The van der Waals surface area contributed by atoms with Gasteiger partial charge in [-0.25, -0.2) is 4.98 Å². The maximum absolute atomic E-state index is 13.6. The molecule has 1 fully saturated rings. The molecule has 0 unspecified atom stereocenters. The van der Waals surface area contributed by atoms with Crippen LogP contribution in [0.25, 0.3) is 11.4 Å². The molecule has 0 aliphatic carbocycles. The Hall–Kier alpha value is -3.52. The first kappa shape index (κ1) is 22.3. The van der Waals surface area contributed by atoms with E-state index in [1.807, 2.05) is 29.2 Å². The lowest BCUT2D eigenvalue weighted by Gasteiger charge is -2.34. The van der Waals surface area contributed by atoms with Crippen LogP contribution in [0.5, 0.6) is 0 Å². The summed E-state index contributed by atoms with van der Waals surface area (Å²) in [6, 6.07) is 16.9. The van der Waals surface area contributed by atoms with Crippen LogP contribution in [0.15, 0.2) is 54.6 Å². The highest BCUT2D eigenvalue weighted by Gasteiger charge is 2.29. The average Bonchev–Trinajstić information content (AvgIpc) is 3.05. The van der Waals surface area contributed by atoms with Gasteiger partial charge in [-0.1, -0.05) is 48.9 Å². The molecule has 1 aromatic heterocycles. The summed E-state index contributed by atoms with van der Waals surface area (Å²) >= 11 is 0. The highest BCUT2D eigenvalue weighted by Crippen LogP contribution is 2.28. The fraction of sp³-hybridized carbons (Fsp3) is 0.385. The summed E-state index contributed by atoms with van der Waals surface area (Å²) in [4.78, 5) is 33.3. The van der Waals surface area contributed by atoms with Gasteiger partial charge in [0.05, 0.1) is 10.6 Å². The van der Waals surface area contributed by atoms with Crippen LogP contribution < -0.4 is 0 Å². The molecule has 2 aromatic carbocycles. The molecule has 8 heteroatoms. The molecule has 2 aliphatic rings. The van der Waals surface area contributed by atoms with E-state index < -0.39 is 0 Å². The number of nitro groups is 1. The van der Waals surface area contributed by atoms with Crippen molar-refractivity contribution in [2.75, 3.05) is 26.2 Å². The predicted molar refractivity (Wildman–Crippen MR) is 129 cm³/mol. The van der Waals surface area contributed by atoms with Crippen molar-refractivity contribution in [3.05, 3.63) is 81.7 Å². The summed E-state index contributed by atoms with van der Waals surface area (Å²) in [7, 11) is 0. The number of nitro benzene ring substituents is 1. The van der Waals surface area contributed by atoms with Crippen molar-refractivity contribution in [3.63, 3.8) is 0 Å². The molecule has 34 heavy (non-hydrogen) atoms. The van der Waals surface area contributed by atoms with Crippen molar-refractivity contribution in [3.8, 4) is 11.4 Å². The zero-order chi connectivity index (χ0) is 23.5. The molecule has 0 spiro atoms. The fourth-order valence-electron chi connectivity index (χ4n) is 4.98. The van der Waals surface area contributed by atoms with Crippen molar-refractivity contribution >= 4 is 11.6 Å². The van der Waals surface area contributed by atoms with E-state index in [1.165, 1.54) is 12.5 Å². The smallest absolute Gasteiger partial charge is 0.274 e. The maximum Gasteiger partial charge on any atom is 0.274 e. The molecule has 0 saturated carbocycles. The lowest BCUT2D eigenvalue weighted by Crippen LogP contribution is -2.48. The molecule has 176 valence electrons. The third-order valence-corrected chi connectivity index (χ3v) is 6.79. The van der Waals surface area contributed by atoms with Gasteiger partial charge < -0.3 is 9.47 Å². The number of benzene rings is 2. The van der Waals surface area contributed by atoms with E-state index in [2.05, 4.69) is 21.6 Å². The Kier molecular flexibility index (Phi) is 6.40. The number of carbonyl (C=O) groups is 1. The molecule has 2 aliphatic heterocycles. The van der Waals surface area contributed by atoms with Gasteiger partial charge in [0, 0.05) is 57.0 Å².